The molecule has 13 heteroatoms. The van der Waals surface area contributed by atoms with Gasteiger partial charge in [-0.2, -0.15) is 10.2 Å². The third-order valence-electron chi connectivity index (χ3n) is 5.50. The van der Waals surface area contributed by atoms with E-state index in [1.165, 1.54) is 17.0 Å². The second-order valence-electron chi connectivity index (χ2n) is 8.11. The highest BCUT2D eigenvalue weighted by Gasteiger charge is 2.31. The summed E-state index contributed by atoms with van der Waals surface area (Å²) in [5, 5.41) is 19.4. The number of amides is 1. The number of nitrogens with zero attached hydrogens (tertiary/aromatic N) is 1. The molecule has 1 aromatic rings. The summed E-state index contributed by atoms with van der Waals surface area (Å²) in [6.45, 7) is 2.57. The fourth-order valence-corrected chi connectivity index (χ4v) is 5.02. The molecule has 184 valence electrons. The summed E-state index contributed by atoms with van der Waals surface area (Å²) < 4.78 is 27.1. The molecular formula is C20H32N6O6S. The average Bonchev–Trinajstić information content (AvgIpc) is 3.48. The van der Waals surface area contributed by atoms with Gasteiger partial charge in [0.15, 0.2) is 0 Å². The number of hydrogen-bond acceptors (Lipinski definition) is 9. The van der Waals surface area contributed by atoms with Crippen LogP contribution in [-0.4, -0.2) is 88.0 Å². The van der Waals surface area contributed by atoms with E-state index in [0.29, 0.717) is 12.8 Å². The first kappa shape index (κ1) is 25.5. The van der Waals surface area contributed by atoms with Crippen LogP contribution >= 0.6 is 0 Å². The Hall–Kier alpha value is -2.13. The minimum atomic E-state index is -4.05. The van der Waals surface area contributed by atoms with Gasteiger partial charge in [0.25, 0.3) is 0 Å². The van der Waals surface area contributed by atoms with Crippen molar-refractivity contribution in [1.29, 1.82) is 0 Å². The number of carbonyl (C=O) groups excluding carboxylic acids is 1. The topological polar surface area (TPSA) is 161 Å². The minimum absolute atomic E-state index is 0.0472. The molecule has 0 bridgehead atoms. The van der Waals surface area contributed by atoms with E-state index in [4.69, 9.17) is 4.84 Å². The summed E-state index contributed by atoms with van der Waals surface area (Å²) in [4.78, 5) is 30.0. The van der Waals surface area contributed by atoms with Crippen LogP contribution in [0.4, 0.5) is 0 Å². The monoisotopic (exact) mass is 484 g/mol. The SMILES string of the molecule is O=CN(CC1CC(CCCNC2NCCN2)NO1)CC(NS(=O)(=O)c1ccccc1)C(=O)O. The molecule has 0 saturated carbocycles. The highest BCUT2D eigenvalue weighted by molar-refractivity contribution is 7.89. The largest absolute Gasteiger partial charge is 0.480 e. The molecule has 2 aliphatic rings. The Morgan fingerprint density at radius 1 is 1.27 bits per heavy atom. The summed E-state index contributed by atoms with van der Waals surface area (Å²) in [5.74, 6) is -1.37. The molecule has 2 aliphatic heterocycles. The van der Waals surface area contributed by atoms with E-state index in [2.05, 4.69) is 26.2 Å². The predicted molar refractivity (Wildman–Crippen MR) is 119 cm³/mol. The maximum absolute atomic E-state index is 12.5. The van der Waals surface area contributed by atoms with E-state index in [1.807, 2.05) is 0 Å². The van der Waals surface area contributed by atoms with Crippen LogP contribution in [0.3, 0.4) is 0 Å². The van der Waals surface area contributed by atoms with Gasteiger partial charge in [0, 0.05) is 32.2 Å². The van der Waals surface area contributed by atoms with Crippen LogP contribution in [0.1, 0.15) is 19.3 Å². The van der Waals surface area contributed by atoms with Crippen molar-refractivity contribution in [2.75, 3.05) is 32.7 Å². The lowest BCUT2D eigenvalue weighted by molar-refractivity contribution is -0.140. The first-order valence-corrected chi connectivity index (χ1v) is 12.5. The van der Waals surface area contributed by atoms with E-state index in [1.54, 1.807) is 18.2 Å². The summed E-state index contributed by atoms with van der Waals surface area (Å²) in [5.41, 5.74) is 2.97. The van der Waals surface area contributed by atoms with Crippen molar-refractivity contribution < 1.29 is 28.0 Å². The molecule has 33 heavy (non-hydrogen) atoms. The van der Waals surface area contributed by atoms with Gasteiger partial charge in [-0.1, -0.05) is 18.2 Å². The average molecular weight is 485 g/mol. The van der Waals surface area contributed by atoms with Crippen molar-refractivity contribution >= 4 is 22.4 Å². The van der Waals surface area contributed by atoms with E-state index < -0.39 is 22.0 Å². The van der Waals surface area contributed by atoms with Crippen molar-refractivity contribution in [2.24, 2.45) is 0 Å². The second-order valence-corrected chi connectivity index (χ2v) is 9.83. The summed E-state index contributed by atoms with van der Waals surface area (Å²) in [6, 6.07) is 6.12. The van der Waals surface area contributed by atoms with Gasteiger partial charge in [0.2, 0.25) is 16.4 Å². The molecule has 2 fully saturated rings. The molecule has 0 aliphatic carbocycles. The summed E-state index contributed by atoms with van der Waals surface area (Å²) in [7, 11) is -4.05. The first-order valence-electron chi connectivity index (χ1n) is 11.0. The van der Waals surface area contributed by atoms with Gasteiger partial charge in [0.05, 0.1) is 11.0 Å². The Morgan fingerprint density at radius 2 is 2.00 bits per heavy atom. The molecule has 3 unspecified atom stereocenters. The molecule has 12 nitrogen and oxygen atoms in total. The Morgan fingerprint density at radius 3 is 2.67 bits per heavy atom. The molecule has 6 N–H and O–H groups in total. The lowest BCUT2D eigenvalue weighted by Crippen LogP contribution is -2.49. The lowest BCUT2D eigenvalue weighted by atomic mass is 10.1. The number of carboxylic acids is 1. The van der Waals surface area contributed by atoms with Crippen molar-refractivity contribution in [2.45, 2.75) is 48.6 Å². The van der Waals surface area contributed by atoms with Crippen molar-refractivity contribution in [3.8, 4) is 0 Å². The van der Waals surface area contributed by atoms with Crippen LogP contribution in [0.5, 0.6) is 0 Å². The number of benzene rings is 1. The molecule has 0 spiro atoms. The standard InChI is InChI=1S/C20H32N6O6S/c27-14-26(13-18(19(28)29)25-33(30,31)17-6-2-1-3-7-17)12-16-11-15(24-32-16)5-4-8-21-20-22-9-10-23-20/h1-3,6-7,14-16,18,20-25H,4-5,8-13H2,(H,28,29). The molecule has 2 heterocycles. The van der Waals surface area contributed by atoms with E-state index in [-0.39, 0.29) is 36.4 Å². The molecule has 0 aromatic heterocycles. The molecular weight excluding hydrogens is 452 g/mol. The maximum atomic E-state index is 12.5. The number of rotatable bonds is 14. The van der Waals surface area contributed by atoms with Crippen LogP contribution in [0.25, 0.3) is 0 Å². The number of hydroxylamine groups is 1. The highest BCUT2D eigenvalue weighted by Crippen LogP contribution is 2.16. The second kappa shape index (κ2) is 12.4. The van der Waals surface area contributed by atoms with Gasteiger partial charge >= 0.3 is 5.97 Å². The van der Waals surface area contributed by atoms with Crippen LogP contribution in [0.2, 0.25) is 0 Å². The van der Waals surface area contributed by atoms with E-state index >= 15 is 0 Å². The number of aliphatic carboxylic acids is 1. The third kappa shape index (κ3) is 7.99. The van der Waals surface area contributed by atoms with Crippen LogP contribution in [0.15, 0.2) is 35.2 Å². The lowest BCUT2D eigenvalue weighted by Gasteiger charge is -2.24. The fraction of sp³-hybridized carbons (Fsp3) is 0.600. The van der Waals surface area contributed by atoms with E-state index in [9.17, 15) is 23.1 Å². The normalized spacial score (nSPS) is 22.3. The summed E-state index contributed by atoms with van der Waals surface area (Å²) >= 11 is 0. The maximum Gasteiger partial charge on any atom is 0.323 e. The van der Waals surface area contributed by atoms with Gasteiger partial charge < -0.3 is 10.0 Å². The molecule has 0 radical (unpaired) electrons. The van der Waals surface area contributed by atoms with Gasteiger partial charge in [-0.3, -0.25) is 30.4 Å². The van der Waals surface area contributed by atoms with Gasteiger partial charge in [-0.25, -0.2) is 8.42 Å². The van der Waals surface area contributed by atoms with Crippen LogP contribution in [-0.2, 0) is 24.4 Å². The molecule has 1 amide bonds. The molecule has 2 saturated heterocycles. The molecule has 3 atom stereocenters. The zero-order valence-corrected chi connectivity index (χ0v) is 19.1. The summed E-state index contributed by atoms with van der Waals surface area (Å²) in [6.07, 6.45) is 2.83. The minimum Gasteiger partial charge on any atom is -0.480 e. The predicted octanol–water partition coefficient (Wildman–Crippen LogP) is -1.62. The number of carboxylic acid groups (broad SMARTS) is 1. The fourth-order valence-electron chi connectivity index (χ4n) is 3.82. The Bertz CT molecular complexity index is 867. The zero-order chi connectivity index (χ0) is 23.7. The Labute approximate surface area is 193 Å². The molecule has 1 aromatic carbocycles. The zero-order valence-electron chi connectivity index (χ0n) is 18.3. The van der Waals surface area contributed by atoms with Crippen molar-refractivity contribution in [1.82, 2.24) is 31.1 Å². The number of nitrogens with one attached hydrogen (secondary N) is 5. The smallest absolute Gasteiger partial charge is 0.323 e. The number of sulfonamides is 1. The third-order valence-corrected chi connectivity index (χ3v) is 6.99. The highest BCUT2D eigenvalue weighted by atomic mass is 32.2. The Balaban J connectivity index is 1.44. The van der Waals surface area contributed by atoms with Crippen LogP contribution in [0, 0.1) is 0 Å². The number of hydrogen-bond donors (Lipinski definition) is 6. The van der Waals surface area contributed by atoms with Crippen molar-refractivity contribution in [3.63, 3.8) is 0 Å². The Kier molecular flexibility index (Phi) is 9.55. The molecule has 3 rings (SSSR count). The first-order chi connectivity index (χ1) is 15.9. The number of carbonyl (C=O) groups is 2. The van der Waals surface area contributed by atoms with Gasteiger partial charge in [-0.05, 0) is 37.9 Å². The van der Waals surface area contributed by atoms with Gasteiger partial charge in [-0.15, -0.1) is 0 Å². The van der Waals surface area contributed by atoms with E-state index in [0.717, 1.165) is 32.5 Å². The van der Waals surface area contributed by atoms with Crippen molar-refractivity contribution in [3.05, 3.63) is 30.3 Å². The van der Waals surface area contributed by atoms with Gasteiger partial charge in [0.1, 0.15) is 12.3 Å². The van der Waals surface area contributed by atoms with Crippen LogP contribution < -0.4 is 26.2 Å². The quantitative estimate of drug-likeness (QED) is 0.134.